The molecule has 1 aromatic carbocycles. The number of carbonyl (C=O) groups excluding carboxylic acids is 1. The molecule has 3 nitrogen and oxygen atoms in total. The highest BCUT2D eigenvalue weighted by atomic mass is 16.2. The van der Waals surface area contributed by atoms with Gasteiger partial charge in [-0.15, -0.1) is 0 Å². The smallest absolute Gasteiger partial charge is 0.229 e. The van der Waals surface area contributed by atoms with Crippen LogP contribution in [0.4, 0.5) is 0 Å². The molecule has 0 aromatic heterocycles. The van der Waals surface area contributed by atoms with Crippen LogP contribution in [0.3, 0.4) is 0 Å². The van der Waals surface area contributed by atoms with Crippen molar-refractivity contribution in [3.8, 4) is 0 Å². The van der Waals surface area contributed by atoms with Crippen molar-refractivity contribution in [3.63, 3.8) is 0 Å². The Hall–Kier alpha value is -1.87. The molecule has 2 fully saturated rings. The minimum Gasteiger partial charge on any atom is -0.315 e. The van der Waals surface area contributed by atoms with Gasteiger partial charge in [-0.1, -0.05) is 62.1 Å². The van der Waals surface area contributed by atoms with E-state index in [4.69, 9.17) is 0 Å². The maximum Gasteiger partial charge on any atom is 0.229 e. The van der Waals surface area contributed by atoms with Crippen molar-refractivity contribution in [3.05, 3.63) is 58.8 Å². The molecule has 4 aliphatic rings. The molecule has 5 rings (SSSR count). The molecule has 2 aliphatic carbocycles. The molecule has 2 aliphatic heterocycles. The SMILES string of the molecule is O=C(C1CCCCCC1)N1CCC2=CCCCC2=C1CCN1CCC(Cc2ccccc2)CC1. The lowest BCUT2D eigenvalue weighted by Crippen LogP contribution is -2.41. The second-order valence-corrected chi connectivity index (χ2v) is 11.2. The lowest BCUT2D eigenvalue weighted by molar-refractivity contribution is -0.134. The minimum absolute atomic E-state index is 0.265. The fourth-order valence-corrected chi connectivity index (χ4v) is 6.85. The maximum absolute atomic E-state index is 13.7. The third kappa shape index (κ3) is 5.85. The first-order valence-corrected chi connectivity index (χ1v) is 14.3. The molecule has 0 atom stereocenters. The molecule has 3 heteroatoms. The molecule has 34 heavy (non-hydrogen) atoms. The molecular weight excluding hydrogens is 416 g/mol. The molecular formula is C31H44N2O. The Morgan fingerprint density at radius 1 is 0.853 bits per heavy atom. The Kier molecular flexibility index (Phi) is 8.21. The Bertz CT molecular complexity index is 870. The number of hydrogen-bond donors (Lipinski definition) is 0. The van der Waals surface area contributed by atoms with Crippen LogP contribution in [0.5, 0.6) is 0 Å². The average Bonchev–Trinajstić information content (AvgIpc) is 3.18. The van der Waals surface area contributed by atoms with Crippen molar-refractivity contribution in [1.29, 1.82) is 0 Å². The summed E-state index contributed by atoms with van der Waals surface area (Å²) < 4.78 is 0. The van der Waals surface area contributed by atoms with E-state index in [9.17, 15) is 4.79 Å². The second-order valence-electron chi connectivity index (χ2n) is 11.2. The van der Waals surface area contributed by atoms with E-state index in [0.29, 0.717) is 5.91 Å². The summed E-state index contributed by atoms with van der Waals surface area (Å²) in [6, 6.07) is 11.0. The van der Waals surface area contributed by atoms with Crippen molar-refractivity contribution in [2.45, 2.75) is 89.9 Å². The number of nitrogens with zero attached hydrogens (tertiary/aromatic N) is 2. The summed E-state index contributed by atoms with van der Waals surface area (Å²) >= 11 is 0. The van der Waals surface area contributed by atoms with Crippen molar-refractivity contribution in [2.75, 3.05) is 26.2 Å². The van der Waals surface area contributed by atoms with Gasteiger partial charge in [0.15, 0.2) is 0 Å². The molecule has 1 aromatic rings. The zero-order valence-electron chi connectivity index (χ0n) is 21.1. The van der Waals surface area contributed by atoms with Gasteiger partial charge in [0, 0.05) is 31.1 Å². The number of amides is 1. The van der Waals surface area contributed by atoms with E-state index >= 15 is 0 Å². The van der Waals surface area contributed by atoms with Gasteiger partial charge in [-0.3, -0.25) is 4.79 Å². The van der Waals surface area contributed by atoms with Crippen LogP contribution < -0.4 is 0 Å². The van der Waals surface area contributed by atoms with E-state index in [1.807, 2.05) is 0 Å². The second kappa shape index (κ2) is 11.7. The van der Waals surface area contributed by atoms with Crippen LogP contribution in [0.2, 0.25) is 0 Å². The van der Waals surface area contributed by atoms with Crippen molar-refractivity contribution in [2.24, 2.45) is 11.8 Å². The highest BCUT2D eigenvalue weighted by Gasteiger charge is 2.33. The predicted molar refractivity (Wildman–Crippen MR) is 140 cm³/mol. The lowest BCUT2D eigenvalue weighted by Gasteiger charge is -2.39. The number of hydrogen-bond acceptors (Lipinski definition) is 2. The molecule has 0 radical (unpaired) electrons. The van der Waals surface area contributed by atoms with Gasteiger partial charge in [0.25, 0.3) is 0 Å². The number of benzene rings is 1. The molecule has 1 saturated heterocycles. The van der Waals surface area contributed by atoms with Gasteiger partial charge in [0.2, 0.25) is 5.91 Å². The molecule has 1 saturated carbocycles. The van der Waals surface area contributed by atoms with Gasteiger partial charge in [-0.25, -0.2) is 0 Å². The van der Waals surface area contributed by atoms with Crippen LogP contribution in [0.25, 0.3) is 0 Å². The number of rotatable bonds is 6. The number of piperidine rings is 1. The number of carbonyl (C=O) groups is 1. The highest BCUT2D eigenvalue weighted by molar-refractivity contribution is 5.81. The molecule has 1 amide bonds. The topological polar surface area (TPSA) is 23.6 Å². The van der Waals surface area contributed by atoms with Crippen molar-refractivity contribution >= 4 is 5.91 Å². The molecule has 0 N–H and O–H groups in total. The van der Waals surface area contributed by atoms with Gasteiger partial charge < -0.3 is 9.80 Å². The largest absolute Gasteiger partial charge is 0.315 e. The first-order valence-electron chi connectivity index (χ1n) is 14.3. The van der Waals surface area contributed by atoms with Crippen LogP contribution in [-0.4, -0.2) is 41.9 Å². The standard InChI is InChI=1S/C31H44N2O/c34-31(28-13-6-1-2-7-14-28)33-23-18-27-12-8-9-15-29(27)30(33)19-22-32-20-16-26(17-21-32)24-25-10-4-3-5-11-25/h3-5,10-12,26,28H,1-2,6-9,13-24H2. The maximum atomic E-state index is 13.7. The fourth-order valence-electron chi connectivity index (χ4n) is 6.85. The average molecular weight is 461 g/mol. The summed E-state index contributed by atoms with van der Waals surface area (Å²) in [4.78, 5) is 18.7. The van der Waals surface area contributed by atoms with Crippen LogP contribution in [0, 0.1) is 11.8 Å². The Balaban J connectivity index is 1.22. The van der Waals surface area contributed by atoms with E-state index in [2.05, 4.69) is 46.2 Å². The zero-order chi connectivity index (χ0) is 23.2. The Morgan fingerprint density at radius 3 is 2.38 bits per heavy atom. The summed E-state index contributed by atoms with van der Waals surface area (Å²) in [6.07, 6.45) is 19.4. The number of likely N-dealkylation sites (tertiary alicyclic amines) is 1. The van der Waals surface area contributed by atoms with Crippen LogP contribution >= 0.6 is 0 Å². The van der Waals surface area contributed by atoms with Crippen LogP contribution in [0.15, 0.2) is 53.3 Å². The molecule has 2 heterocycles. The van der Waals surface area contributed by atoms with Crippen molar-refractivity contribution in [1.82, 2.24) is 9.80 Å². The first-order chi connectivity index (χ1) is 16.8. The van der Waals surface area contributed by atoms with Gasteiger partial charge in [-0.2, -0.15) is 0 Å². The van der Waals surface area contributed by atoms with E-state index in [0.717, 1.165) is 44.7 Å². The first kappa shape index (κ1) is 23.9. The monoisotopic (exact) mass is 460 g/mol. The lowest BCUT2D eigenvalue weighted by atomic mass is 9.85. The van der Waals surface area contributed by atoms with Gasteiger partial charge in [0.05, 0.1) is 0 Å². The third-order valence-electron chi connectivity index (χ3n) is 8.90. The Morgan fingerprint density at radius 2 is 1.62 bits per heavy atom. The molecule has 0 bridgehead atoms. The summed E-state index contributed by atoms with van der Waals surface area (Å²) in [5, 5.41) is 0. The highest BCUT2D eigenvalue weighted by Crippen LogP contribution is 2.38. The predicted octanol–water partition coefficient (Wildman–Crippen LogP) is 6.90. The summed E-state index contributed by atoms with van der Waals surface area (Å²) in [6.45, 7) is 4.44. The van der Waals surface area contributed by atoms with Gasteiger partial charge in [0.1, 0.15) is 0 Å². The molecule has 0 unspecified atom stereocenters. The Labute approximate surface area is 207 Å². The van der Waals surface area contributed by atoms with E-state index in [-0.39, 0.29) is 5.92 Å². The minimum atomic E-state index is 0.265. The quantitative estimate of drug-likeness (QED) is 0.431. The van der Waals surface area contributed by atoms with E-state index in [1.54, 1.807) is 11.1 Å². The number of fused-ring (bicyclic) bond motifs is 1. The van der Waals surface area contributed by atoms with Gasteiger partial charge in [-0.05, 0) is 93.5 Å². The third-order valence-corrected chi connectivity index (χ3v) is 8.90. The normalized spacial score (nSPS) is 23.4. The zero-order valence-corrected chi connectivity index (χ0v) is 21.1. The summed E-state index contributed by atoms with van der Waals surface area (Å²) in [5.74, 6) is 1.54. The molecule has 0 spiro atoms. The van der Waals surface area contributed by atoms with Crippen LogP contribution in [0.1, 0.15) is 89.0 Å². The van der Waals surface area contributed by atoms with Crippen LogP contribution in [-0.2, 0) is 11.2 Å². The van der Waals surface area contributed by atoms with E-state index in [1.165, 1.54) is 88.6 Å². The number of allylic oxidation sites excluding steroid dienone is 2. The van der Waals surface area contributed by atoms with E-state index < -0.39 is 0 Å². The van der Waals surface area contributed by atoms with Crippen molar-refractivity contribution < 1.29 is 4.79 Å². The summed E-state index contributed by atoms with van der Waals surface area (Å²) in [7, 11) is 0. The summed E-state index contributed by atoms with van der Waals surface area (Å²) in [5.41, 5.74) is 5.99. The van der Waals surface area contributed by atoms with Gasteiger partial charge >= 0.3 is 0 Å². The molecule has 184 valence electrons. The fraction of sp³-hybridized carbons (Fsp3) is 0.645.